The van der Waals surface area contributed by atoms with Crippen molar-refractivity contribution >= 4 is 17.5 Å². The molecule has 0 unspecified atom stereocenters. The van der Waals surface area contributed by atoms with E-state index in [0.29, 0.717) is 11.6 Å². The van der Waals surface area contributed by atoms with E-state index in [4.69, 9.17) is 5.84 Å². The van der Waals surface area contributed by atoms with Crippen molar-refractivity contribution in [2.24, 2.45) is 5.84 Å². The van der Waals surface area contributed by atoms with Crippen LogP contribution in [0.2, 0.25) is 0 Å². The van der Waals surface area contributed by atoms with Gasteiger partial charge in [-0.15, -0.1) is 0 Å². The lowest BCUT2D eigenvalue weighted by Gasteiger charge is -2.23. The number of nitrogens with two attached hydrogens (primary N) is 1. The van der Waals surface area contributed by atoms with Crippen LogP contribution in [0.25, 0.3) is 0 Å². The van der Waals surface area contributed by atoms with E-state index in [1.54, 1.807) is 11.9 Å². The molecule has 0 aliphatic carbocycles. The number of carbonyl (C=O) groups is 1. The monoisotopic (exact) mass is 252 g/mol. The number of rotatable bonds is 5. The largest absolute Gasteiger partial charge is 0.358 e. The number of amides is 1. The third-order valence-corrected chi connectivity index (χ3v) is 2.60. The molecule has 1 aromatic rings. The molecule has 7 nitrogen and oxygen atoms in total. The number of hydrogen-bond donors (Lipinski definition) is 3. The number of anilines is 2. The van der Waals surface area contributed by atoms with Gasteiger partial charge in [-0.05, 0) is 5.92 Å². The van der Waals surface area contributed by atoms with Crippen LogP contribution in [0.3, 0.4) is 0 Å². The van der Waals surface area contributed by atoms with Gasteiger partial charge in [-0.25, -0.2) is 15.8 Å². The number of carbonyl (C=O) groups excluding carboxylic acids is 1. The number of hydrazine groups is 1. The molecule has 0 aliphatic heterocycles. The average molecular weight is 252 g/mol. The third-order valence-electron chi connectivity index (χ3n) is 2.60. The van der Waals surface area contributed by atoms with Crippen LogP contribution in [0.4, 0.5) is 11.6 Å². The molecule has 0 fully saturated rings. The molecule has 0 bridgehead atoms. The molecular weight excluding hydrogens is 232 g/mol. The van der Waals surface area contributed by atoms with Gasteiger partial charge in [-0.1, -0.05) is 13.8 Å². The highest BCUT2D eigenvalue weighted by Crippen LogP contribution is 2.29. The van der Waals surface area contributed by atoms with Crippen molar-refractivity contribution in [3.63, 3.8) is 0 Å². The molecule has 0 spiro atoms. The normalized spacial score (nSPS) is 10.3. The zero-order valence-corrected chi connectivity index (χ0v) is 11.2. The van der Waals surface area contributed by atoms with Crippen molar-refractivity contribution < 1.29 is 4.79 Å². The van der Waals surface area contributed by atoms with Crippen LogP contribution in [-0.2, 0) is 4.79 Å². The highest BCUT2D eigenvalue weighted by Gasteiger charge is 2.18. The van der Waals surface area contributed by atoms with E-state index < -0.39 is 0 Å². The molecule has 1 amide bonds. The van der Waals surface area contributed by atoms with Gasteiger partial charge >= 0.3 is 0 Å². The van der Waals surface area contributed by atoms with Gasteiger partial charge in [0.25, 0.3) is 0 Å². The van der Waals surface area contributed by atoms with Gasteiger partial charge in [0.2, 0.25) is 5.91 Å². The van der Waals surface area contributed by atoms with Gasteiger partial charge < -0.3 is 15.6 Å². The Morgan fingerprint density at radius 3 is 2.67 bits per heavy atom. The smallest absolute Gasteiger partial charge is 0.239 e. The van der Waals surface area contributed by atoms with Gasteiger partial charge in [0.15, 0.2) is 0 Å². The summed E-state index contributed by atoms with van der Waals surface area (Å²) in [5.41, 5.74) is 3.46. The van der Waals surface area contributed by atoms with Gasteiger partial charge in [0.05, 0.1) is 6.54 Å². The van der Waals surface area contributed by atoms with E-state index in [0.717, 1.165) is 5.56 Å². The first-order chi connectivity index (χ1) is 8.51. The van der Waals surface area contributed by atoms with Crippen molar-refractivity contribution in [1.29, 1.82) is 0 Å². The Balaban J connectivity index is 3.11. The van der Waals surface area contributed by atoms with Crippen molar-refractivity contribution in [2.45, 2.75) is 19.8 Å². The first kappa shape index (κ1) is 14.2. The molecule has 0 aliphatic rings. The molecule has 4 N–H and O–H groups in total. The molecule has 7 heteroatoms. The Morgan fingerprint density at radius 2 is 2.17 bits per heavy atom. The minimum Gasteiger partial charge on any atom is -0.358 e. The average Bonchev–Trinajstić information content (AvgIpc) is 2.37. The molecule has 0 radical (unpaired) electrons. The maximum atomic E-state index is 11.4. The SMILES string of the molecule is CNC(=O)CN(C)c1ncnc(NN)c1C(C)C. The van der Waals surface area contributed by atoms with E-state index in [-0.39, 0.29) is 18.4 Å². The topological polar surface area (TPSA) is 96.2 Å². The van der Waals surface area contributed by atoms with E-state index in [2.05, 4.69) is 20.7 Å². The predicted molar refractivity (Wildman–Crippen MR) is 71.3 cm³/mol. The third kappa shape index (κ3) is 3.07. The molecule has 1 heterocycles. The highest BCUT2D eigenvalue weighted by molar-refractivity contribution is 5.81. The molecular formula is C11H20N6O. The summed E-state index contributed by atoms with van der Waals surface area (Å²) in [5.74, 6) is 6.85. The quantitative estimate of drug-likeness (QED) is 0.507. The fourth-order valence-electron chi connectivity index (χ4n) is 1.71. The standard InChI is InChI=1S/C11H20N6O/c1-7(2)9-10(16-12)14-6-15-11(9)17(4)5-8(18)13-3/h6-7H,5,12H2,1-4H3,(H,13,18)(H,14,15,16). The fraction of sp³-hybridized carbons (Fsp3) is 0.545. The van der Waals surface area contributed by atoms with Crippen LogP contribution in [0.1, 0.15) is 25.3 Å². The van der Waals surface area contributed by atoms with Gasteiger partial charge in [0.1, 0.15) is 18.0 Å². The van der Waals surface area contributed by atoms with E-state index in [1.807, 2.05) is 20.9 Å². The molecule has 0 aromatic carbocycles. The molecule has 18 heavy (non-hydrogen) atoms. The second-order valence-corrected chi connectivity index (χ2v) is 4.29. The van der Waals surface area contributed by atoms with E-state index in [1.165, 1.54) is 6.33 Å². The summed E-state index contributed by atoms with van der Waals surface area (Å²) in [4.78, 5) is 21.5. The Bertz CT molecular complexity index is 420. The number of nitrogen functional groups attached to an aromatic ring is 1. The number of aromatic nitrogens is 2. The van der Waals surface area contributed by atoms with Crippen molar-refractivity contribution in [1.82, 2.24) is 15.3 Å². The lowest BCUT2D eigenvalue weighted by molar-refractivity contribution is -0.119. The molecule has 1 rings (SSSR count). The second kappa shape index (κ2) is 6.15. The minimum absolute atomic E-state index is 0.0759. The summed E-state index contributed by atoms with van der Waals surface area (Å²) >= 11 is 0. The molecule has 1 aromatic heterocycles. The first-order valence-electron chi connectivity index (χ1n) is 5.74. The molecule has 0 atom stereocenters. The van der Waals surface area contributed by atoms with Crippen LogP contribution in [0.5, 0.6) is 0 Å². The highest BCUT2D eigenvalue weighted by atomic mass is 16.1. The van der Waals surface area contributed by atoms with Crippen LogP contribution in [0, 0.1) is 0 Å². The predicted octanol–water partition coefficient (Wildman–Crippen LogP) is 0.0678. The number of nitrogens with zero attached hydrogens (tertiary/aromatic N) is 3. The van der Waals surface area contributed by atoms with Crippen molar-refractivity contribution in [3.05, 3.63) is 11.9 Å². The van der Waals surface area contributed by atoms with Crippen LogP contribution < -0.4 is 21.5 Å². The summed E-state index contributed by atoms with van der Waals surface area (Å²) in [6.45, 7) is 4.28. The second-order valence-electron chi connectivity index (χ2n) is 4.29. The zero-order chi connectivity index (χ0) is 13.7. The Hall–Kier alpha value is -1.89. The Labute approximate surface area is 107 Å². The van der Waals surface area contributed by atoms with Gasteiger partial charge in [-0.3, -0.25) is 4.79 Å². The summed E-state index contributed by atoms with van der Waals surface area (Å²) < 4.78 is 0. The number of nitrogens with one attached hydrogen (secondary N) is 2. The maximum Gasteiger partial charge on any atom is 0.239 e. The zero-order valence-electron chi connectivity index (χ0n) is 11.2. The number of hydrogen-bond acceptors (Lipinski definition) is 6. The lowest BCUT2D eigenvalue weighted by atomic mass is 10.0. The molecule has 0 saturated carbocycles. The van der Waals surface area contributed by atoms with Crippen molar-refractivity contribution in [2.75, 3.05) is 31.0 Å². The van der Waals surface area contributed by atoms with E-state index >= 15 is 0 Å². The van der Waals surface area contributed by atoms with Crippen LogP contribution in [0.15, 0.2) is 6.33 Å². The summed E-state index contributed by atoms with van der Waals surface area (Å²) in [6.07, 6.45) is 1.43. The Morgan fingerprint density at radius 1 is 1.50 bits per heavy atom. The lowest BCUT2D eigenvalue weighted by Crippen LogP contribution is -2.34. The van der Waals surface area contributed by atoms with Crippen LogP contribution >= 0.6 is 0 Å². The summed E-state index contributed by atoms with van der Waals surface area (Å²) in [5, 5.41) is 2.58. The maximum absolute atomic E-state index is 11.4. The first-order valence-corrected chi connectivity index (χ1v) is 5.74. The van der Waals surface area contributed by atoms with E-state index in [9.17, 15) is 4.79 Å². The molecule has 100 valence electrons. The van der Waals surface area contributed by atoms with Crippen LogP contribution in [-0.4, -0.2) is 36.5 Å². The number of likely N-dealkylation sites (N-methyl/N-ethyl adjacent to an activating group) is 2. The van der Waals surface area contributed by atoms with Crippen molar-refractivity contribution in [3.8, 4) is 0 Å². The Kier molecular flexibility index (Phi) is 4.85. The summed E-state index contributed by atoms with van der Waals surface area (Å²) in [6, 6.07) is 0. The minimum atomic E-state index is -0.0759. The molecule has 0 saturated heterocycles. The van der Waals surface area contributed by atoms with Gasteiger partial charge in [0, 0.05) is 19.7 Å². The van der Waals surface area contributed by atoms with Gasteiger partial charge in [-0.2, -0.15) is 0 Å². The summed E-state index contributed by atoms with van der Waals surface area (Å²) in [7, 11) is 3.41. The fourth-order valence-corrected chi connectivity index (χ4v) is 1.71.